The van der Waals surface area contributed by atoms with Crippen LogP contribution in [-0.4, -0.2) is 49.6 Å². The van der Waals surface area contributed by atoms with Gasteiger partial charge in [-0.05, 0) is 79.0 Å². The number of fused-ring (bicyclic) bond motifs is 2. The largest absolute Gasteiger partial charge is 0.495 e. The van der Waals surface area contributed by atoms with Gasteiger partial charge in [-0.3, -0.25) is 9.59 Å². The summed E-state index contributed by atoms with van der Waals surface area (Å²) in [5.41, 5.74) is 12.4. The van der Waals surface area contributed by atoms with Crippen LogP contribution >= 0.6 is 39.1 Å². The van der Waals surface area contributed by atoms with Crippen LogP contribution in [0.25, 0.3) is 0 Å². The molecule has 0 bridgehead atoms. The predicted molar refractivity (Wildman–Crippen MR) is 230 cm³/mol. The molecule has 0 unspecified atom stereocenters. The molecule has 2 aromatic heterocycles. The Morgan fingerprint density at radius 3 is 1.61 bits per heavy atom. The minimum absolute atomic E-state index is 0.0271. The lowest BCUT2D eigenvalue weighted by Crippen LogP contribution is -2.38. The van der Waals surface area contributed by atoms with Crippen molar-refractivity contribution in [1.82, 2.24) is 10.3 Å². The lowest BCUT2D eigenvalue weighted by Gasteiger charge is -2.30. The van der Waals surface area contributed by atoms with Crippen LogP contribution in [0.3, 0.4) is 0 Å². The molecule has 0 saturated carbocycles. The van der Waals surface area contributed by atoms with Crippen LogP contribution in [0.5, 0.6) is 23.0 Å². The monoisotopic (exact) mass is 906 g/mol. The zero-order valence-electron chi connectivity index (χ0n) is 33.0. The van der Waals surface area contributed by atoms with E-state index in [1.807, 2.05) is 69.3 Å². The summed E-state index contributed by atoms with van der Waals surface area (Å²) in [5.74, 6) is 3.62. The normalized spacial score (nSPS) is 12.8. The predicted octanol–water partition coefficient (Wildman–Crippen LogP) is 9.53. The highest BCUT2D eigenvalue weighted by molar-refractivity contribution is 9.10. The standard InChI is InChI=1S/C21H20ClN3O4.C16H13BrClNO3.C5H8N2O/c1-12-21(13(2)29-24-12)23-16-8-19-17(9-18(16)27-3)25(20(26)11-28-19)10-14-4-6-15(22)7-5-14;1-21-14-7-13-15(6-12(14)17)22-9-16(20)19(13)8-10-2-4-11(18)5-3-10;1-3-5(6)4(2)8-7-3/h4-9,23H,10-11H2,1-3H3;2-7H,8-9H2,1H3;6H2,1-2H3. The molecule has 4 aromatic carbocycles. The van der Waals surface area contributed by atoms with Gasteiger partial charge in [0, 0.05) is 34.3 Å². The van der Waals surface area contributed by atoms with Gasteiger partial charge in [-0.1, -0.05) is 57.8 Å². The number of methoxy groups -OCH3 is 2. The number of benzene rings is 4. The number of nitrogens with one attached hydrogen (secondary N) is 1. The third-order valence-corrected chi connectivity index (χ3v) is 10.4. The molecular weight excluding hydrogens is 867 g/mol. The molecule has 0 aliphatic carbocycles. The number of nitrogens with zero attached hydrogens (tertiary/aromatic N) is 4. The van der Waals surface area contributed by atoms with E-state index in [2.05, 4.69) is 31.6 Å². The molecule has 2 aliphatic rings. The van der Waals surface area contributed by atoms with E-state index in [9.17, 15) is 9.59 Å². The summed E-state index contributed by atoms with van der Waals surface area (Å²) in [7, 11) is 3.16. The Morgan fingerprint density at radius 1 is 0.712 bits per heavy atom. The van der Waals surface area contributed by atoms with Gasteiger partial charge >= 0.3 is 0 Å². The molecule has 14 nitrogen and oxygen atoms in total. The number of ether oxygens (including phenoxy) is 4. The summed E-state index contributed by atoms with van der Waals surface area (Å²) in [6.07, 6.45) is 0. The molecule has 0 radical (unpaired) electrons. The zero-order valence-corrected chi connectivity index (χ0v) is 36.1. The van der Waals surface area contributed by atoms with Crippen molar-refractivity contribution < 1.29 is 37.6 Å². The Kier molecular flexibility index (Phi) is 13.6. The Hall–Kier alpha value is -5.90. The number of hydrogen-bond donors (Lipinski definition) is 2. The van der Waals surface area contributed by atoms with E-state index in [0.29, 0.717) is 80.4 Å². The summed E-state index contributed by atoms with van der Waals surface area (Å²) in [6.45, 7) is 8.14. The average Bonchev–Trinajstić information content (AvgIpc) is 3.71. The highest BCUT2D eigenvalue weighted by Crippen LogP contribution is 2.43. The van der Waals surface area contributed by atoms with Crippen molar-refractivity contribution in [2.24, 2.45) is 0 Å². The van der Waals surface area contributed by atoms with Crippen LogP contribution in [0.4, 0.5) is 28.4 Å². The minimum atomic E-state index is -0.124. The maximum Gasteiger partial charge on any atom is 0.265 e. The van der Waals surface area contributed by atoms with E-state index in [-0.39, 0.29) is 25.0 Å². The van der Waals surface area contributed by atoms with Crippen LogP contribution in [0.1, 0.15) is 34.0 Å². The summed E-state index contributed by atoms with van der Waals surface area (Å²) >= 11 is 15.3. The fourth-order valence-corrected chi connectivity index (χ4v) is 6.77. The van der Waals surface area contributed by atoms with Gasteiger partial charge in [0.2, 0.25) is 0 Å². The van der Waals surface area contributed by atoms with Crippen molar-refractivity contribution in [3.05, 3.63) is 121 Å². The molecule has 4 heterocycles. The van der Waals surface area contributed by atoms with Gasteiger partial charge in [-0.15, -0.1) is 0 Å². The first kappa shape index (κ1) is 42.7. The van der Waals surface area contributed by atoms with Gasteiger partial charge < -0.3 is 48.8 Å². The molecule has 0 spiro atoms. The highest BCUT2D eigenvalue weighted by Gasteiger charge is 2.29. The van der Waals surface area contributed by atoms with Gasteiger partial charge in [0.25, 0.3) is 11.8 Å². The SMILES string of the molecule is COc1cc2c(cc1Br)OCC(=O)N2Cc1ccc(Cl)cc1.COc1cc2c(cc1Nc1c(C)noc1C)OCC(=O)N2Cc1ccc(Cl)cc1.Cc1noc(C)c1N. The molecule has 6 aromatic rings. The highest BCUT2D eigenvalue weighted by atomic mass is 79.9. The number of anilines is 5. The second kappa shape index (κ2) is 18.8. The first-order valence-electron chi connectivity index (χ1n) is 18.1. The first-order chi connectivity index (χ1) is 28.3. The van der Waals surface area contributed by atoms with Crippen LogP contribution in [0.2, 0.25) is 10.0 Å². The fourth-order valence-electron chi connectivity index (χ4n) is 6.03. The third-order valence-electron chi connectivity index (χ3n) is 9.29. The number of hydrogen-bond acceptors (Lipinski definition) is 12. The number of aromatic nitrogens is 2. The maximum atomic E-state index is 12.6. The van der Waals surface area contributed by atoms with Gasteiger partial charge in [-0.2, -0.15) is 0 Å². The average molecular weight is 909 g/mol. The molecular formula is C42H41BrCl2N6O8. The van der Waals surface area contributed by atoms with E-state index < -0.39 is 0 Å². The second-order valence-electron chi connectivity index (χ2n) is 13.3. The smallest absolute Gasteiger partial charge is 0.265 e. The van der Waals surface area contributed by atoms with Crippen molar-refractivity contribution in [3.8, 4) is 23.0 Å². The second-order valence-corrected chi connectivity index (χ2v) is 15.1. The lowest BCUT2D eigenvalue weighted by atomic mass is 10.1. The van der Waals surface area contributed by atoms with Crippen molar-refractivity contribution in [3.63, 3.8) is 0 Å². The van der Waals surface area contributed by atoms with Crippen molar-refractivity contribution in [1.29, 1.82) is 0 Å². The van der Waals surface area contributed by atoms with Crippen LogP contribution in [-0.2, 0) is 22.7 Å². The number of nitrogen functional groups attached to an aromatic ring is 1. The number of carbonyl (C=O) groups excluding carboxylic acids is 2. The summed E-state index contributed by atoms with van der Waals surface area (Å²) in [6, 6.07) is 22.1. The summed E-state index contributed by atoms with van der Waals surface area (Å²) < 4.78 is 32.8. The van der Waals surface area contributed by atoms with Crippen LogP contribution in [0.15, 0.2) is 86.3 Å². The van der Waals surface area contributed by atoms with E-state index in [1.54, 1.807) is 55.2 Å². The Balaban J connectivity index is 0.000000171. The van der Waals surface area contributed by atoms with E-state index >= 15 is 0 Å². The van der Waals surface area contributed by atoms with Gasteiger partial charge in [-0.25, -0.2) is 0 Å². The topological polar surface area (TPSA) is 168 Å². The van der Waals surface area contributed by atoms with E-state index in [0.717, 1.165) is 32.7 Å². The number of amides is 2. The Morgan fingerprint density at radius 2 is 1.19 bits per heavy atom. The zero-order chi connectivity index (χ0) is 42.4. The molecule has 17 heteroatoms. The molecule has 2 amide bonds. The van der Waals surface area contributed by atoms with E-state index in [1.165, 1.54) is 0 Å². The molecule has 3 N–H and O–H groups in total. The maximum absolute atomic E-state index is 12.6. The first-order valence-corrected chi connectivity index (χ1v) is 19.6. The van der Waals surface area contributed by atoms with Crippen molar-refractivity contribution in [2.75, 3.05) is 48.3 Å². The molecule has 59 heavy (non-hydrogen) atoms. The lowest BCUT2D eigenvalue weighted by molar-refractivity contribution is -0.122. The van der Waals surface area contributed by atoms with Gasteiger partial charge in [0.1, 0.15) is 40.1 Å². The number of rotatable bonds is 8. The molecule has 0 saturated heterocycles. The minimum Gasteiger partial charge on any atom is -0.495 e. The third kappa shape index (κ3) is 10.0. The molecule has 2 aliphatic heterocycles. The molecule has 308 valence electrons. The summed E-state index contributed by atoms with van der Waals surface area (Å²) in [4.78, 5) is 28.2. The number of carbonyl (C=O) groups is 2. The van der Waals surface area contributed by atoms with Gasteiger partial charge in [0.05, 0.1) is 54.5 Å². The van der Waals surface area contributed by atoms with E-state index in [4.69, 9.17) is 56.9 Å². The van der Waals surface area contributed by atoms with Crippen LogP contribution in [0, 0.1) is 27.7 Å². The molecule has 0 atom stereocenters. The van der Waals surface area contributed by atoms with Gasteiger partial charge in [0.15, 0.2) is 24.7 Å². The number of nitrogens with two attached hydrogens (primary N) is 1. The van der Waals surface area contributed by atoms with Crippen LogP contribution < -0.4 is 39.8 Å². The number of aryl methyl sites for hydroxylation is 4. The fraction of sp³-hybridized carbons (Fsp3) is 0.238. The quantitative estimate of drug-likeness (QED) is 0.149. The van der Waals surface area contributed by atoms with Crippen molar-refractivity contribution >= 4 is 79.4 Å². The number of halogens is 3. The van der Waals surface area contributed by atoms with Crippen molar-refractivity contribution in [2.45, 2.75) is 40.8 Å². The summed E-state index contributed by atoms with van der Waals surface area (Å²) in [5, 5.41) is 12.2. The molecule has 0 fully saturated rings. The molecule has 8 rings (SSSR count). The Labute approximate surface area is 359 Å². The Bertz CT molecular complexity index is 2420.